The monoisotopic (exact) mass is 145 g/mol. The first kappa shape index (κ1) is 9.72. The van der Waals surface area contributed by atoms with E-state index in [9.17, 15) is 0 Å². The third-order valence-electron chi connectivity index (χ3n) is 1.03. The Morgan fingerprint density at radius 2 is 1.56 bits per heavy atom. The number of phenols is 1. The molecule has 1 nitrogen and oxygen atoms in total. The first-order valence-corrected chi connectivity index (χ1v) is 2.54. The molecule has 0 heterocycles. The van der Waals surface area contributed by atoms with Crippen LogP contribution in [0.4, 0.5) is 0 Å². The smallest absolute Gasteiger partial charge is 0.139 e. The molecule has 1 aromatic carbocycles. The van der Waals surface area contributed by atoms with Gasteiger partial charge in [-0.2, -0.15) is 0 Å². The number of aromatic hydroxyl groups is 1. The summed E-state index contributed by atoms with van der Waals surface area (Å²) in [6, 6.07) is 7.09. The Labute approximate surface area is 98.3 Å². The molecule has 3 heteroatoms. The molecule has 0 aliphatic carbocycles. The van der Waals surface area contributed by atoms with E-state index in [0.717, 1.165) is 0 Å². The molecule has 0 unspecified atom stereocenters. The van der Waals surface area contributed by atoms with Gasteiger partial charge in [0.15, 0.2) is 0 Å². The van der Waals surface area contributed by atoms with Crippen LogP contribution in [0.25, 0.3) is 0 Å². The maximum atomic E-state index is 8.76. The van der Waals surface area contributed by atoms with Gasteiger partial charge in [-0.05, 0) is 12.1 Å². The molecule has 0 spiro atoms. The minimum atomic E-state index is 0. The molecule has 0 saturated carbocycles. The van der Waals surface area contributed by atoms with Gasteiger partial charge in [0.1, 0.15) is 13.6 Å². The van der Waals surface area contributed by atoms with E-state index in [-0.39, 0.29) is 51.4 Å². The number of rotatable bonds is 0. The van der Waals surface area contributed by atoms with Crippen molar-refractivity contribution >= 4 is 64.7 Å². The molecule has 0 aromatic heterocycles. The standard InChI is InChI=1S/C6H7BO.K/c7-5-1-3-6(8)4-2-5;/h1-4,8H,7H2;. The number of benzene rings is 1. The first-order chi connectivity index (χ1) is 3.79. The second-order valence-corrected chi connectivity index (χ2v) is 1.84. The van der Waals surface area contributed by atoms with E-state index in [1.165, 1.54) is 5.46 Å². The molecule has 0 aliphatic rings. The molecule has 1 rings (SSSR count). The average molecular weight is 145 g/mol. The van der Waals surface area contributed by atoms with Gasteiger partial charge in [-0.15, -0.1) is 0 Å². The van der Waals surface area contributed by atoms with Crippen molar-refractivity contribution in [1.82, 2.24) is 0 Å². The molecule has 1 aromatic rings. The van der Waals surface area contributed by atoms with Crippen molar-refractivity contribution in [2.45, 2.75) is 0 Å². The van der Waals surface area contributed by atoms with Crippen molar-refractivity contribution in [3.63, 3.8) is 0 Å². The first-order valence-electron chi connectivity index (χ1n) is 2.54. The van der Waals surface area contributed by atoms with E-state index in [4.69, 9.17) is 5.11 Å². The zero-order valence-electron chi connectivity index (χ0n) is 5.76. The summed E-state index contributed by atoms with van der Waals surface area (Å²) >= 11 is 0. The van der Waals surface area contributed by atoms with Crippen LogP contribution < -0.4 is 5.46 Å². The van der Waals surface area contributed by atoms with Gasteiger partial charge in [-0.25, -0.2) is 0 Å². The van der Waals surface area contributed by atoms with Crippen LogP contribution in [0.15, 0.2) is 24.3 Å². The van der Waals surface area contributed by atoms with Crippen molar-refractivity contribution < 1.29 is 5.11 Å². The molecule has 0 amide bonds. The van der Waals surface area contributed by atoms with E-state index in [1.807, 2.05) is 20.0 Å². The summed E-state index contributed by atoms with van der Waals surface area (Å²) in [4.78, 5) is 0. The quantitative estimate of drug-likeness (QED) is 0.477. The maximum Gasteiger partial charge on any atom is 0.139 e. The van der Waals surface area contributed by atoms with Crippen LogP contribution in [0.1, 0.15) is 0 Å². The Balaban J connectivity index is 0.000000640. The SMILES string of the molecule is Bc1ccc(O)cc1.[K]. The third kappa shape index (κ3) is 3.43. The Morgan fingerprint density at radius 1 is 1.11 bits per heavy atom. The van der Waals surface area contributed by atoms with Gasteiger partial charge >= 0.3 is 0 Å². The normalized spacial score (nSPS) is 8.00. The fourth-order valence-corrected chi connectivity index (χ4v) is 0.545. The van der Waals surface area contributed by atoms with Gasteiger partial charge in [-0.1, -0.05) is 17.6 Å². The molecule has 41 valence electrons. The van der Waals surface area contributed by atoms with Crippen LogP contribution >= 0.6 is 0 Å². The number of phenolic OH excluding ortho intramolecular Hbond substituents is 1. The van der Waals surface area contributed by atoms with Crippen LogP contribution in [0.2, 0.25) is 0 Å². The van der Waals surface area contributed by atoms with E-state index in [2.05, 4.69) is 0 Å². The fourth-order valence-electron chi connectivity index (χ4n) is 0.545. The number of hydrogen-bond donors (Lipinski definition) is 1. The van der Waals surface area contributed by atoms with Crippen LogP contribution in [0.5, 0.6) is 5.75 Å². The van der Waals surface area contributed by atoms with Gasteiger partial charge in [0.2, 0.25) is 0 Å². The summed E-state index contributed by atoms with van der Waals surface area (Å²) in [5.41, 5.74) is 1.17. The largest absolute Gasteiger partial charge is 0.508 e. The molecule has 1 radical (unpaired) electrons. The Morgan fingerprint density at radius 3 is 1.89 bits per heavy atom. The zero-order valence-corrected chi connectivity index (χ0v) is 8.88. The van der Waals surface area contributed by atoms with Gasteiger partial charge in [0, 0.05) is 51.4 Å². The topological polar surface area (TPSA) is 20.2 Å². The van der Waals surface area contributed by atoms with Crippen molar-refractivity contribution in [3.8, 4) is 5.75 Å². The molecule has 0 atom stereocenters. The van der Waals surface area contributed by atoms with E-state index in [0.29, 0.717) is 5.75 Å². The molecule has 0 fully saturated rings. The predicted octanol–water partition coefficient (Wildman–Crippen LogP) is -0.730. The van der Waals surface area contributed by atoms with Gasteiger partial charge in [0.05, 0.1) is 0 Å². The van der Waals surface area contributed by atoms with E-state index < -0.39 is 0 Å². The van der Waals surface area contributed by atoms with Crippen molar-refractivity contribution in [1.29, 1.82) is 0 Å². The maximum absolute atomic E-state index is 8.76. The predicted molar refractivity (Wildman–Crippen MR) is 42.0 cm³/mol. The second-order valence-electron chi connectivity index (χ2n) is 1.84. The summed E-state index contributed by atoms with van der Waals surface area (Å²) in [5, 5.41) is 8.76. The number of hydrogen-bond acceptors (Lipinski definition) is 1. The Bertz CT molecular complexity index is 152. The molecule has 9 heavy (non-hydrogen) atoms. The summed E-state index contributed by atoms with van der Waals surface area (Å²) in [6.45, 7) is 0. The van der Waals surface area contributed by atoms with Crippen LogP contribution in [0, 0.1) is 0 Å². The van der Waals surface area contributed by atoms with Crippen LogP contribution in [0.3, 0.4) is 0 Å². The van der Waals surface area contributed by atoms with Gasteiger partial charge in [0.25, 0.3) is 0 Å². The third-order valence-corrected chi connectivity index (χ3v) is 1.03. The molecule has 0 bridgehead atoms. The second kappa shape index (κ2) is 4.52. The van der Waals surface area contributed by atoms with E-state index in [1.54, 1.807) is 12.1 Å². The summed E-state index contributed by atoms with van der Waals surface area (Å²) in [6.07, 6.45) is 0. The van der Waals surface area contributed by atoms with Gasteiger partial charge in [-0.3, -0.25) is 0 Å². The van der Waals surface area contributed by atoms with Gasteiger partial charge < -0.3 is 5.11 Å². The summed E-state index contributed by atoms with van der Waals surface area (Å²) in [7, 11) is 1.99. The molecular weight excluding hydrogens is 138 g/mol. The summed E-state index contributed by atoms with van der Waals surface area (Å²) < 4.78 is 0. The van der Waals surface area contributed by atoms with E-state index >= 15 is 0 Å². The van der Waals surface area contributed by atoms with Crippen LogP contribution in [-0.4, -0.2) is 64.3 Å². The summed E-state index contributed by atoms with van der Waals surface area (Å²) in [5.74, 6) is 0.329. The fraction of sp³-hybridized carbons (Fsp3) is 0. The van der Waals surface area contributed by atoms with Crippen molar-refractivity contribution in [2.75, 3.05) is 0 Å². The molecule has 0 saturated heterocycles. The van der Waals surface area contributed by atoms with Crippen molar-refractivity contribution in [3.05, 3.63) is 24.3 Å². The zero-order chi connectivity index (χ0) is 5.98. The Hall–Kier alpha value is 0.721. The average Bonchev–Trinajstić information content (AvgIpc) is 1.77. The molecule has 1 N–H and O–H groups in total. The van der Waals surface area contributed by atoms with Crippen LogP contribution in [-0.2, 0) is 0 Å². The molecule has 0 aliphatic heterocycles. The minimum Gasteiger partial charge on any atom is -0.508 e. The van der Waals surface area contributed by atoms with Crippen molar-refractivity contribution in [2.24, 2.45) is 0 Å². The molecular formula is C6H7BKO. The Kier molecular flexibility index (Phi) is 4.89. The minimum absolute atomic E-state index is 0.